The Morgan fingerprint density at radius 2 is 1.84 bits per heavy atom. The third kappa shape index (κ3) is 4.22. The Morgan fingerprint density at radius 1 is 1.12 bits per heavy atom. The molecule has 0 heterocycles. The summed E-state index contributed by atoms with van der Waals surface area (Å²) in [6, 6.07) is 12.1. The van der Waals surface area contributed by atoms with Crippen molar-refractivity contribution in [3.8, 4) is 11.5 Å². The maximum Gasteiger partial charge on any atom is 0.160 e. The summed E-state index contributed by atoms with van der Waals surface area (Å²) in [5.74, 6) is 1.78. The first-order chi connectivity index (χ1) is 11.8. The van der Waals surface area contributed by atoms with E-state index < -0.39 is 0 Å². The molecule has 0 N–H and O–H groups in total. The van der Waals surface area contributed by atoms with Gasteiger partial charge in [0.1, 0.15) is 11.5 Å². The van der Waals surface area contributed by atoms with Crippen molar-refractivity contribution in [1.29, 1.82) is 0 Å². The van der Waals surface area contributed by atoms with Gasteiger partial charge in [0.15, 0.2) is 5.78 Å². The molecule has 2 rings (SSSR count). The fourth-order valence-electron chi connectivity index (χ4n) is 2.95. The number of methoxy groups -OCH3 is 2. The van der Waals surface area contributed by atoms with Crippen LogP contribution in [-0.4, -0.2) is 20.0 Å². The zero-order valence-electron chi connectivity index (χ0n) is 15.9. The average molecular weight is 358 g/mol. The summed E-state index contributed by atoms with van der Waals surface area (Å²) in [6.45, 7) is 8.06. The predicted molar refractivity (Wildman–Crippen MR) is 106 cm³/mol. The van der Waals surface area contributed by atoms with Gasteiger partial charge in [0.05, 0.1) is 14.2 Å². The summed E-state index contributed by atoms with van der Waals surface area (Å²) in [6.07, 6.45) is 0.931. The van der Waals surface area contributed by atoms with Crippen molar-refractivity contribution in [2.45, 2.75) is 39.3 Å². The van der Waals surface area contributed by atoms with E-state index in [0.717, 1.165) is 39.9 Å². The van der Waals surface area contributed by atoms with E-state index in [0.29, 0.717) is 8.58 Å². The van der Waals surface area contributed by atoms with Crippen molar-refractivity contribution in [2.24, 2.45) is 0 Å². The Bertz CT molecular complexity index is 770. The van der Waals surface area contributed by atoms with E-state index in [-0.39, 0.29) is 10.9 Å². The molecule has 0 aromatic heterocycles. The third-order valence-electron chi connectivity index (χ3n) is 4.67. The summed E-state index contributed by atoms with van der Waals surface area (Å²) in [5, 5.41) is 0.964. The van der Waals surface area contributed by atoms with Gasteiger partial charge in [-0.25, -0.2) is 0 Å². The maximum absolute atomic E-state index is 12.1. The van der Waals surface area contributed by atoms with Crippen LogP contribution in [0.2, 0.25) is 0 Å². The summed E-state index contributed by atoms with van der Waals surface area (Å²) in [7, 11) is 3.82. The Morgan fingerprint density at radius 3 is 2.40 bits per heavy atom. The molecule has 0 aliphatic rings. The van der Waals surface area contributed by atoms with E-state index in [1.165, 1.54) is 0 Å². The second kappa shape index (κ2) is 8.01. The Labute approximate surface area is 152 Å². The molecule has 3 nitrogen and oxygen atoms in total. The van der Waals surface area contributed by atoms with E-state index in [9.17, 15) is 4.79 Å². The fourth-order valence-corrected chi connectivity index (χ4v) is 4.60. The number of carbonyl (C=O) groups excluding carboxylic acids is 1. The minimum Gasteiger partial charge on any atom is -0.497 e. The molecule has 2 atom stereocenters. The lowest BCUT2D eigenvalue weighted by Crippen LogP contribution is -2.22. The summed E-state index contributed by atoms with van der Waals surface area (Å²) < 4.78 is 11.0. The van der Waals surface area contributed by atoms with Crippen LogP contribution in [0.4, 0.5) is 0 Å². The molecule has 0 aliphatic carbocycles. The monoisotopic (exact) mass is 358 g/mol. The van der Waals surface area contributed by atoms with E-state index in [1.807, 2.05) is 25.1 Å². The normalized spacial score (nSPS) is 13.7. The zero-order chi connectivity index (χ0) is 18.6. The van der Waals surface area contributed by atoms with Crippen molar-refractivity contribution in [2.75, 3.05) is 14.2 Å². The largest absolute Gasteiger partial charge is 0.497 e. The molecule has 0 radical (unpaired) electrons. The lowest BCUT2D eigenvalue weighted by atomic mass is 9.96. The number of ketones is 1. The highest BCUT2D eigenvalue weighted by molar-refractivity contribution is 7.48. The molecule has 2 aromatic carbocycles. The molecule has 0 amide bonds. The highest BCUT2D eigenvalue weighted by Gasteiger charge is 2.30. The molecule has 0 bridgehead atoms. The van der Waals surface area contributed by atoms with Crippen LogP contribution in [0.5, 0.6) is 11.5 Å². The number of hydrogen-bond donors (Lipinski definition) is 0. The number of ether oxygens (including phenoxy) is 2. The first kappa shape index (κ1) is 19.5. The van der Waals surface area contributed by atoms with Gasteiger partial charge in [-0.15, -0.1) is 0 Å². The smallest absolute Gasteiger partial charge is 0.160 e. The van der Waals surface area contributed by atoms with Crippen LogP contribution in [-0.2, 0) is 5.16 Å². The van der Waals surface area contributed by atoms with E-state index in [2.05, 4.69) is 32.0 Å². The molecular weight excluding hydrogens is 331 g/mol. The highest BCUT2D eigenvalue weighted by atomic mass is 31.1. The molecule has 2 aromatic rings. The number of carbonyl (C=O) groups is 1. The molecular formula is C21H27O3P. The van der Waals surface area contributed by atoms with Gasteiger partial charge in [0, 0.05) is 16.3 Å². The Kier molecular flexibility index (Phi) is 6.24. The molecule has 0 fully saturated rings. The van der Waals surface area contributed by atoms with Crippen molar-refractivity contribution in [3.05, 3.63) is 53.1 Å². The van der Waals surface area contributed by atoms with Crippen molar-refractivity contribution >= 4 is 19.7 Å². The predicted octanol–water partition coefficient (Wildman–Crippen LogP) is 4.84. The fraction of sp³-hybridized carbons (Fsp3) is 0.381. The molecule has 0 saturated heterocycles. The maximum atomic E-state index is 12.1. The van der Waals surface area contributed by atoms with Crippen molar-refractivity contribution < 1.29 is 14.3 Å². The van der Waals surface area contributed by atoms with Crippen LogP contribution >= 0.6 is 8.58 Å². The van der Waals surface area contributed by atoms with E-state index in [1.54, 1.807) is 21.1 Å². The number of rotatable bonds is 7. The van der Waals surface area contributed by atoms with Gasteiger partial charge in [-0.1, -0.05) is 40.1 Å². The second-order valence-corrected chi connectivity index (χ2v) is 8.37. The minimum absolute atomic E-state index is 0.113. The number of benzene rings is 2. The standard InChI is InChI=1S/C21H27O3P/c1-7-21(4,18-13-16(23-5)9-10-19(18)24-6)25-20-11-8-14(2)12-17(20)15(3)22/h8-13,25H,7H2,1-6H3. The van der Waals surface area contributed by atoms with E-state index >= 15 is 0 Å². The number of aryl methyl sites for hydroxylation is 1. The molecule has 2 unspecified atom stereocenters. The van der Waals surface area contributed by atoms with Gasteiger partial charge in [-0.3, -0.25) is 4.79 Å². The first-order valence-electron chi connectivity index (χ1n) is 8.47. The van der Waals surface area contributed by atoms with Gasteiger partial charge >= 0.3 is 0 Å². The van der Waals surface area contributed by atoms with Gasteiger partial charge in [0.25, 0.3) is 0 Å². The second-order valence-electron chi connectivity index (χ2n) is 6.48. The molecule has 25 heavy (non-hydrogen) atoms. The van der Waals surface area contributed by atoms with Gasteiger partial charge in [-0.05, 0) is 49.8 Å². The van der Waals surface area contributed by atoms with Crippen LogP contribution in [0.25, 0.3) is 0 Å². The summed E-state index contributed by atoms with van der Waals surface area (Å²) >= 11 is 0. The summed E-state index contributed by atoms with van der Waals surface area (Å²) in [4.78, 5) is 12.1. The van der Waals surface area contributed by atoms with E-state index in [4.69, 9.17) is 9.47 Å². The van der Waals surface area contributed by atoms with Crippen LogP contribution < -0.4 is 14.8 Å². The Balaban J connectivity index is 2.54. The van der Waals surface area contributed by atoms with Crippen molar-refractivity contribution in [1.82, 2.24) is 0 Å². The van der Waals surface area contributed by atoms with Gasteiger partial charge < -0.3 is 9.47 Å². The zero-order valence-corrected chi connectivity index (χ0v) is 16.9. The highest BCUT2D eigenvalue weighted by Crippen LogP contribution is 2.48. The molecule has 0 aliphatic heterocycles. The van der Waals surface area contributed by atoms with Crippen LogP contribution in [0.15, 0.2) is 36.4 Å². The lowest BCUT2D eigenvalue weighted by molar-refractivity contribution is 0.101. The minimum atomic E-state index is -0.140. The molecule has 4 heteroatoms. The van der Waals surface area contributed by atoms with Gasteiger partial charge in [0.2, 0.25) is 0 Å². The molecule has 134 valence electrons. The number of hydrogen-bond acceptors (Lipinski definition) is 3. The topological polar surface area (TPSA) is 35.5 Å². The van der Waals surface area contributed by atoms with Crippen molar-refractivity contribution in [3.63, 3.8) is 0 Å². The van der Waals surface area contributed by atoms with Crippen LogP contribution in [0.3, 0.4) is 0 Å². The number of Topliss-reactive ketones (excluding diaryl/α,β-unsaturated/α-hetero) is 1. The Hall–Kier alpha value is -1.86. The first-order valence-corrected chi connectivity index (χ1v) is 9.47. The molecule has 0 saturated carbocycles. The van der Waals surface area contributed by atoms with Crippen LogP contribution in [0.1, 0.15) is 48.7 Å². The quantitative estimate of drug-likeness (QED) is 0.525. The molecule has 0 spiro atoms. The lowest BCUT2D eigenvalue weighted by Gasteiger charge is -2.31. The third-order valence-corrected chi connectivity index (χ3v) is 6.55. The van der Waals surface area contributed by atoms with Gasteiger partial charge in [-0.2, -0.15) is 0 Å². The summed E-state index contributed by atoms with van der Waals surface area (Å²) in [5.41, 5.74) is 3.04. The van der Waals surface area contributed by atoms with Crippen LogP contribution in [0, 0.1) is 6.92 Å². The SMILES string of the molecule is CCC(C)(Pc1ccc(C)cc1C(C)=O)c1cc(OC)ccc1OC. The average Bonchev–Trinajstić information content (AvgIpc) is 2.62.